The minimum atomic E-state index is 0.399. The van der Waals surface area contributed by atoms with Crippen molar-refractivity contribution >= 4 is 11.4 Å². The molecule has 5 heteroatoms. The van der Waals surface area contributed by atoms with Gasteiger partial charge in [0.15, 0.2) is 0 Å². The molecule has 3 rings (SSSR count). The van der Waals surface area contributed by atoms with Crippen LogP contribution >= 0.6 is 0 Å². The number of aryl methyl sites for hydroxylation is 2. The predicted octanol–water partition coefficient (Wildman–Crippen LogP) is 6.09. The Kier molecular flexibility index (Phi) is 6.40. The lowest BCUT2D eigenvalue weighted by atomic mass is 10.1. The van der Waals surface area contributed by atoms with Crippen LogP contribution in [-0.4, -0.2) is 25.8 Å². The van der Waals surface area contributed by atoms with Crippen LogP contribution in [0.3, 0.4) is 0 Å². The number of aromatic nitrogens is 3. The molecule has 0 amide bonds. The van der Waals surface area contributed by atoms with E-state index in [1.54, 1.807) is 0 Å². The lowest BCUT2D eigenvalue weighted by molar-refractivity contribution is 0.665. The summed E-state index contributed by atoms with van der Waals surface area (Å²) in [4.78, 5) is 4.85. The van der Waals surface area contributed by atoms with Crippen molar-refractivity contribution < 1.29 is 0 Å². The zero-order chi connectivity index (χ0) is 22.0. The van der Waals surface area contributed by atoms with Crippen molar-refractivity contribution in [3.8, 4) is 0 Å². The molecule has 0 radical (unpaired) electrons. The number of pyridine rings is 1. The SMILES string of the molecule is C/C(=N\n1c(C)ccc1C)c1cccc(/C(C)=N/n2c(C(C)C)ccc2C(C)C)n1. The first-order valence-corrected chi connectivity index (χ1v) is 10.6. The Morgan fingerprint density at radius 1 is 0.700 bits per heavy atom. The first-order valence-electron chi connectivity index (χ1n) is 10.6. The van der Waals surface area contributed by atoms with Crippen molar-refractivity contribution in [2.24, 2.45) is 10.2 Å². The van der Waals surface area contributed by atoms with Crippen molar-refractivity contribution in [3.63, 3.8) is 0 Å². The van der Waals surface area contributed by atoms with E-state index >= 15 is 0 Å². The van der Waals surface area contributed by atoms with Gasteiger partial charge in [-0.25, -0.2) is 14.3 Å². The van der Waals surface area contributed by atoms with Gasteiger partial charge in [0.25, 0.3) is 0 Å². The Labute approximate surface area is 180 Å². The highest BCUT2D eigenvalue weighted by Gasteiger charge is 2.14. The fraction of sp³-hybridized carbons (Fsp3) is 0.400. The molecule has 0 bridgehead atoms. The fourth-order valence-electron chi connectivity index (χ4n) is 3.51. The van der Waals surface area contributed by atoms with Gasteiger partial charge in [0.1, 0.15) is 0 Å². The molecule has 0 saturated heterocycles. The normalized spacial score (nSPS) is 13.0. The molecule has 0 aliphatic heterocycles. The summed E-state index contributed by atoms with van der Waals surface area (Å²) >= 11 is 0. The fourth-order valence-corrected chi connectivity index (χ4v) is 3.51. The quantitative estimate of drug-likeness (QED) is 0.459. The van der Waals surface area contributed by atoms with Crippen LogP contribution in [0.15, 0.2) is 52.7 Å². The second kappa shape index (κ2) is 8.82. The first-order chi connectivity index (χ1) is 14.2. The predicted molar refractivity (Wildman–Crippen MR) is 126 cm³/mol. The van der Waals surface area contributed by atoms with E-state index < -0.39 is 0 Å². The van der Waals surface area contributed by atoms with Crippen LogP contribution in [-0.2, 0) is 0 Å². The van der Waals surface area contributed by atoms with Gasteiger partial charge >= 0.3 is 0 Å². The summed E-state index contributed by atoms with van der Waals surface area (Å²) in [5, 5.41) is 9.73. The molecule has 0 N–H and O–H groups in total. The van der Waals surface area contributed by atoms with E-state index in [9.17, 15) is 0 Å². The third-order valence-electron chi connectivity index (χ3n) is 5.32. The van der Waals surface area contributed by atoms with Gasteiger partial charge in [-0.1, -0.05) is 33.8 Å². The van der Waals surface area contributed by atoms with Gasteiger partial charge < -0.3 is 0 Å². The van der Waals surface area contributed by atoms with Gasteiger partial charge in [-0.15, -0.1) is 0 Å². The highest BCUT2D eigenvalue weighted by molar-refractivity contribution is 6.00. The molecular weight excluding hydrogens is 370 g/mol. The summed E-state index contributed by atoms with van der Waals surface area (Å²) in [5.74, 6) is 0.798. The third kappa shape index (κ3) is 4.45. The monoisotopic (exact) mass is 403 g/mol. The van der Waals surface area contributed by atoms with Gasteiger partial charge in [0.2, 0.25) is 0 Å². The minimum absolute atomic E-state index is 0.399. The van der Waals surface area contributed by atoms with Gasteiger partial charge in [-0.3, -0.25) is 0 Å². The summed E-state index contributed by atoms with van der Waals surface area (Å²) in [6.07, 6.45) is 0. The highest BCUT2D eigenvalue weighted by Crippen LogP contribution is 2.24. The van der Waals surface area contributed by atoms with Crippen LogP contribution < -0.4 is 0 Å². The molecule has 0 atom stereocenters. The Morgan fingerprint density at radius 3 is 1.57 bits per heavy atom. The van der Waals surface area contributed by atoms with E-state index in [-0.39, 0.29) is 0 Å². The summed E-state index contributed by atoms with van der Waals surface area (Å²) in [7, 11) is 0. The van der Waals surface area contributed by atoms with Crippen molar-refractivity contribution in [1.82, 2.24) is 14.3 Å². The number of hydrogen-bond acceptors (Lipinski definition) is 3. The largest absolute Gasteiger partial charge is 0.245 e. The topological polar surface area (TPSA) is 47.5 Å². The van der Waals surface area contributed by atoms with Gasteiger partial charge in [-0.05, 0) is 75.9 Å². The molecule has 5 nitrogen and oxygen atoms in total. The zero-order valence-electron chi connectivity index (χ0n) is 19.4. The average molecular weight is 404 g/mol. The molecule has 0 aromatic carbocycles. The molecule has 158 valence electrons. The van der Waals surface area contributed by atoms with Crippen LogP contribution in [0, 0.1) is 13.8 Å². The van der Waals surface area contributed by atoms with E-state index in [1.165, 1.54) is 11.4 Å². The molecule has 3 aromatic heterocycles. The van der Waals surface area contributed by atoms with Crippen molar-refractivity contribution in [2.75, 3.05) is 0 Å². The Hall–Kier alpha value is -2.95. The van der Waals surface area contributed by atoms with Crippen LogP contribution in [0.1, 0.15) is 87.5 Å². The number of nitrogens with zero attached hydrogens (tertiary/aromatic N) is 5. The standard InChI is InChI=1S/C25H33N5/c1-16(2)24-14-15-25(17(3)4)30(24)28-21(8)23-11-9-10-22(26-23)20(7)27-29-18(5)12-13-19(29)6/h9-17H,1-8H3/b27-20+,28-21+. The Bertz CT molecular complexity index is 1050. The zero-order valence-corrected chi connectivity index (χ0v) is 19.4. The third-order valence-corrected chi connectivity index (χ3v) is 5.32. The van der Waals surface area contributed by atoms with Gasteiger partial charge in [-0.2, -0.15) is 10.2 Å². The lowest BCUT2D eigenvalue weighted by Crippen LogP contribution is -2.11. The average Bonchev–Trinajstić information content (AvgIpc) is 3.26. The maximum absolute atomic E-state index is 4.96. The molecule has 0 aliphatic carbocycles. The van der Waals surface area contributed by atoms with E-state index in [4.69, 9.17) is 15.2 Å². The number of rotatable bonds is 6. The molecule has 0 spiro atoms. The summed E-state index contributed by atoms with van der Waals surface area (Å²) in [6.45, 7) is 16.9. The summed E-state index contributed by atoms with van der Waals surface area (Å²) in [5.41, 5.74) is 8.12. The highest BCUT2D eigenvalue weighted by atomic mass is 15.4. The molecule has 3 heterocycles. The van der Waals surface area contributed by atoms with Crippen LogP contribution in [0.4, 0.5) is 0 Å². The smallest absolute Gasteiger partial charge is 0.0867 e. The van der Waals surface area contributed by atoms with E-state index in [0.29, 0.717) is 11.8 Å². The summed E-state index contributed by atoms with van der Waals surface area (Å²) < 4.78 is 4.04. The van der Waals surface area contributed by atoms with E-state index in [0.717, 1.165) is 34.2 Å². The number of hydrogen-bond donors (Lipinski definition) is 0. The summed E-state index contributed by atoms with van der Waals surface area (Å²) in [6, 6.07) is 14.5. The molecule has 0 unspecified atom stereocenters. The van der Waals surface area contributed by atoms with Crippen LogP contribution in [0.25, 0.3) is 0 Å². The molecule has 3 aromatic rings. The van der Waals surface area contributed by atoms with E-state index in [2.05, 4.69) is 70.5 Å². The van der Waals surface area contributed by atoms with Crippen LogP contribution in [0.2, 0.25) is 0 Å². The molecule has 30 heavy (non-hydrogen) atoms. The van der Waals surface area contributed by atoms with Crippen molar-refractivity contribution in [3.05, 3.63) is 76.6 Å². The molecular formula is C25H33N5. The molecule has 0 fully saturated rings. The Balaban J connectivity index is 2.00. The van der Waals surface area contributed by atoms with Crippen molar-refractivity contribution in [2.45, 2.75) is 67.2 Å². The maximum atomic E-state index is 4.96. The maximum Gasteiger partial charge on any atom is 0.0867 e. The van der Waals surface area contributed by atoms with Crippen LogP contribution in [0.5, 0.6) is 0 Å². The molecule has 0 saturated carbocycles. The second-order valence-corrected chi connectivity index (χ2v) is 8.51. The van der Waals surface area contributed by atoms with Gasteiger partial charge in [0.05, 0.1) is 22.8 Å². The van der Waals surface area contributed by atoms with E-state index in [1.807, 2.05) is 36.7 Å². The lowest BCUT2D eigenvalue weighted by Gasteiger charge is -2.14. The van der Waals surface area contributed by atoms with Crippen molar-refractivity contribution in [1.29, 1.82) is 0 Å². The van der Waals surface area contributed by atoms with Gasteiger partial charge in [0, 0.05) is 22.8 Å². The Morgan fingerprint density at radius 2 is 1.13 bits per heavy atom. The minimum Gasteiger partial charge on any atom is -0.245 e. The molecule has 0 aliphatic rings. The first kappa shape index (κ1) is 21.8. The second-order valence-electron chi connectivity index (χ2n) is 8.51.